The molecular weight excluding hydrogens is 150 g/mol. The highest BCUT2D eigenvalue weighted by atomic mass is 16.3. The van der Waals surface area contributed by atoms with Gasteiger partial charge < -0.3 is 0 Å². The first-order valence-electron chi connectivity index (χ1n) is 4.54. The number of nitrogens with zero attached hydrogens (tertiary/aromatic N) is 1. The Balaban J connectivity index is 2.01. The highest BCUT2D eigenvalue weighted by Crippen LogP contribution is 2.37. The summed E-state index contributed by atoms with van der Waals surface area (Å²) in [5.74, 6) is 1.52. The second kappa shape index (κ2) is 3.21. The van der Waals surface area contributed by atoms with Crippen LogP contribution in [0.2, 0.25) is 0 Å². The van der Waals surface area contributed by atoms with Crippen LogP contribution in [-0.4, -0.2) is 6.54 Å². The van der Waals surface area contributed by atoms with Crippen molar-refractivity contribution < 1.29 is 0 Å². The second-order valence-electron chi connectivity index (χ2n) is 3.68. The average Bonchev–Trinajstić information content (AvgIpc) is 2.51. The van der Waals surface area contributed by atoms with E-state index < -0.39 is 0 Å². The summed E-state index contributed by atoms with van der Waals surface area (Å²) in [5.41, 5.74) is 1.25. The molecule has 2 atom stereocenters. The molecule has 2 nitrogen and oxygen atoms in total. The van der Waals surface area contributed by atoms with Crippen LogP contribution in [-0.2, 0) is 0 Å². The normalized spacial score (nSPS) is 32.8. The first kappa shape index (κ1) is 7.71. The van der Waals surface area contributed by atoms with Gasteiger partial charge in [0.1, 0.15) is 6.54 Å². The Morgan fingerprint density at radius 3 is 3.25 bits per heavy atom. The molecule has 0 bridgehead atoms. The van der Waals surface area contributed by atoms with E-state index in [1.54, 1.807) is 0 Å². The van der Waals surface area contributed by atoms with E-state index in [4.69, 9.17) is 0 Å². The molecule has 0 spiro atoms. The zero-order valence-corrected chi connectivity index (χ0v) is 7.07. The van der Waals surface area contributed by atoms with Gasteiger partial charge in [0.25, 0.3) is 0 Å². The highest BCUT2D eigenvalue weighted by Gasteiger charge is 2.26. The lowest BCUT2D eigenvalue weighted by Crippen LogP contribution is -2.14. The number of hydrogen-bond acceptors (Lipinski definition) is 2. The SMILES string of the molecule is O=NCC1=CCC2C=CCC2C1. The maximum absolute atomic E-state index is 10.1. The Bertz CT molecular complexity index is 242. The minimum atomic E-state index is 0.406. The Morgan fingerprint density at radius 1 is 1.50 bits per heavy atom. The molecule has 2 unspecified atom stereocenters. The minimum absolute atomic E-state index is 0.406. The van der Waals surface area contributed by atoms with Gasteiger partial charge in [0.15, 0.2) is 0 Å². The second-order valence-corrected chi connectivity index (χ2v) is 3.68. The van der Waals surface area contributed by atoms with Crippen molar-refractivity contribution in [2.75, 3.05) is 6.54 Å². The zero-order valence-electron chi connectivity index (χ0n) is 7.07. The molecule has 2 rings (SSSR count). The van der Waals surface area contributed by atoms with Crippen LogP contribution in [0.3, 0.4) is 0 Å². The first-order valence-corrected chi connectivity index (χ1v) is 4.54. The summed E-state index contributed by atoms with van der Waals surface area (Å²) >= 11 is 0. The maximum atomic E-state index is 10.1. The third-order valence-corrected chi connectivity index (χ3v) is 2.90. The molecule has 0 saturated heterocycles. The van der Waals surface area contributed by atoms with Crippen LogP contribution < -0.4 is 0 Å². The fraction of sp³-hybridized carbons (Fsp3) is 0.600. The van der Waals surface area contributed by atoms with Crippen molar-refractivity contribution in [1.82, 2.24) is 0 Å². The lowest BCUT2D eigenvalue weighted by molar-refractivity contribution is 0.401. The molecule has 0 aromatic carbocycles. The smallest absolute Gasteiger partial charge is 0.102 e. The number of hydrogen-bond donors (Lipinski definition) is 0. The third kappa shape index (κ3) is 1.33. The minimum Gasteiger partial charge on any atom is -0.150 e. The van der Waals surface area contributed by atoms with E-state index in [-0.39, 0.29) is 0 Å². The first-order chi connectivity index (χ1) is 5.90. The predicted octanol–water partition coefficient (Wildman–Crippen LogP) is 2.67. The zero-order chi connectivity index (χ0) is 8.39. The Morgan fingerprint density at radius 2 is 2.42 bits per heavy atom. The van der Waals surface area contributed by atoms with E-state index in [0.29, 0.717) is 6.54 Å². The Labute approximate surface area is 72.3 Å². The van der Waals surface area contributed by atoms with Crippen LogP contribution in [0.25, 0.3) is 0 Å². The van der Waals surface area contributed by atoms with Gasteiger partial charge in [-0.05, 0) is 36.7 Å². The van der Waals surface area contributed by atoms with Crippen molar-refractivity contribution in [3.63, 3.8) is 0 Å². The standard InChI is InChI=1S/C10H13NO/c12-11-7-8-4-5-9-2-1-3-10(9)6-8/h1-2,4,9-10H,3,5-7H2. The lowest BCUT2D eigenvalue weighted by Gasteiger charge is -2.23. The number of fused-ring (bicyclic) bond motifs is 1. The van der Waals surface area contributed by atoms with Crippen LogP contribution in [0.1, 0.15) is 19.3 Å². The summed E-state index contributed by atoms with van der Waals surface area (Å²) in [6.07, 6.45) is 10.2. The Kier molecular flexibility index (Phi) is 2.07. The molecule has 0 saturated carbocycles. The van der Waals surface area contributed by atoms with Gasteiger partial charge in [-0.15, -0.1) is 0 Å². The fourth-order valence-electron chi connectivity index (χ4n) is 2.20. The molecule has 0 aromatic rings. The summed E-state index contributed by atoms with van der Waals surface area (Å²) in [7, 11) is 0. The molecule has 2 aliphatic carbocycles. The summed E-state index contributed by atoms with van der Waals surface area (Å²) in [6, 6.07) is 0. The quantitative estimate of drug-likeness (QED) is 0.454. The van der Waals surface area contributed by atoms with E-state index >= 15 is 0 Å². The van der Waals surface area contributed by atoms with Crippen LogP contribution in [0.15, 0.2) is 29.0 Å². The molecule has 0 radical (unpaired) electrons. The van der Waals surface area contributed by atoms with Gasteiger partial charge >= 0.3 is 0 Å². The molecule has 0 heterocycles. The van der Waals surface area contributed by atoms with Gasteiger partial charge in [0.05, 0.1) is 0 Å². The summed E-state index contributed by atoms with van der Waals surface area (Å²) in [4.78, 5) is 10.1. The molecule has 2 aliphatic rings. The third-order valence-electron chi connectivity index (χ3n) is 2.90. The van der Waals surface area contributed by atoms with Crippen LogP contribution in [0.4, 0.5) is 0 Å². The van der Waals surface area contributed by atoms with Crippen LogP contribution in [0, 0.1) is 16.7 Å². The van der Waals surface area contributed by atoms with E-state index in [0.717, 1.165) is 24.7 Å². The number of allylic oxidation sites excluding steroid dienone is 3. The molecular formula is C10H13NO. The van der Waals surface area contributed by atoms with Gasteiger partial charge in [-0.3, -0.25) is 0 Å². The van der Waals surface area contributed by atoms with Gasteiger partial charge in [-0.25, -0.2) is 0 Å². The van der Waals surface area contributed by atoms with E-state index in [9.17, 15) is 4.91 Å². The molecule has 0 fully saturated rings. The fourth-order valence-corrected chi connectivity index (χ4v) is 2.20. The molecule has 0 aromatic heterocycles. The van der Waals surface area contributed by atoms with E-state index in [1.807, 2.05) is 0 Å². The van der Waals surface area contributed by atoms with Crippen molar-refractivity contribution in [3.05, 3.63) is 28.7 Å². The average molecular weight is 163 g/mol. The van der Waals surface area contributed by atoms with Gasteiger partial charge in [0.2, 0.25) is 0 Å². The number of nitroso groups, excluding NO2 is 1. The Hall–Kier alpha value is -0.920. The van der Waals surface area contributed by atoms with Crippen molar-refractivity contribution in [2.45, 2.75) is 19.3 Å². The van der Waals surface area contributed by atoms with Gasteiger partial charge in [0, 0.05) is 0 Å². The van der Waals surface area contributed by atoms with E-state index in [2.05, 4.69) is 23.4 Å². The monoisotopic (exact) mass is 163 g/mol. The van der Waals surface area contributed by atoms with Gasteiger partial charge in [-0.1, -0.05) is 23.4 Å². The van der Waals surface area contributed by atoms with Crippen molar-refractivity contribution in [1.29, 1.82) is 0 Å². The molecule has 2 heteroatoms. The number of rotatable bonds is 2. The lowest BCUT2D eigenvalue weighted by atomic mass is 9.82. The van der Waals surface area contributed by atoms with Crippen molar-refractivity contribution >= 4 is 0 Å². The van der Waals surface area contributed by atoms with Gasteiger partial charge in [-0.2, -0.15) is 4.91 Å². The predicted molar refractivity (Wildman–Crippen MR) is 48.7 cm³/mol. The summed E-state index contributed by atoms with van der Waals surface area (Å²) < 4.78 is 0. The molecule has 12 heavy (non-hydrogen) atoms. The molecule has 0 aliphatic heterocycles. The summed E-state index contributed by atoms with van der Waals surface area (Å²) in [5, 5.41) is 2.93. The molecule has 64 valence electrons. The van der Waals surface area contributed by atoms with Crippen molar-refractivity contribution in [2.24, 2.45) is 17.0 Å². The van der Waals surface area contributed by atoms with E-state index in [1.165, 1.54) is 12.0 Å². The summed E-state index contributed by atoms with van der Waals surface area (Å²) in [6.45, 7) is 0.406. The topological polar surface area (TPSA) is 29.4 Å². The van der Waals surface area contributed by atoms with Crippen molar-refractivity contribution in [3.8, 4) is 0 Å². The van der Waals surface area contributed by atoms with Crippen LogP contribution in [0.5, 0.6) is 0 Å². The molecule has 0 N–H and O–H groups in total. The van der Waals surface area contributed by atoms with Crippen LogP contribution >= 0.6 is 0 Å². The highest BCUT2D eigenvalue weighted by molar-refractivity contribution is 5.16. The molecule has 0 amide bonds. The largest absolute Gasteiger partial charge is 0.150 e. The maximum Gasteiger partial charge on any atom is 0.102 e.